The molecule has 0 saturated carbocycles. The summed E-state index contributed by atoms with van der Waals surface area (Å²) in [5.74, 6) is -0.136. The first-order valence-corrected chi connectivity index (χ1v) is 12.7. The number of ether oxygens (including phenoxy) is 2. The lowest BCUT2D eigenvalue weighted by molar-refractivity contribution is -0.132. The predicted octanol–water partition coefficient (Wildman–Crippen LogP) is 4.38. The third-order valence-corrected chi connectivity index (χ3v) is 7.47. The highest BCUT2D eigenvalue weighted by atomic mass is 32.2. The second-order valence-corrected chi connectivity index (χ2v) is 10.7. The van der Waals surface area contributed by atoms with E-state index in [0.717, 1.165) is 12.1 Å². The van der Waals surface area contributed by atoms with Gasteiger partial charge >= 0.3 is 0 Å². The Hall–Kier alpha value is -4.25. The Bertz CT molecular complexity index is 1660. The highest BCUT2D eigenvalue weighted by Gasteiger charge is 2.40. The third-order valence-electron chi connectivity index (χ3n) is 6.08. The van der Waals surface area contributed by atoms with Crippen molar-refractivity contribution in [2.45, 2.75) is 24.3 Å². The molecule has 0 aliphatic carbocycles. The maximum Gasteiger partial charge on any atom is 0.270 e. The van der Waals surface area contributed by atoms with Crippen molar-refractivity contribution < 1.29 is 27.1 Å². The number of hydrogen-bond donors (Lipinski definition) is 1. The standard InChI is InChI=1S/C26H23FN4O5S/c1-26(2)25(32)31(3)22-14-28-20-10-5-15(11-19(20)23(22)36-26)16-12-21(24(35-4)29-13-16)30-37(33,34)18-8-6-17(27)7-9-18/h5-14,30H,1-4H3. The molecule has 4 aromatic rings. The number of nitrogens with zero attached hydrogens (tertiary/aromatic N) is 3. The molecule has 3 heterocycles. The number of carbonyl (C=O) groups excluding carboxylic acids is 1. The molecule has 0 fully saturated rings. The van der Waals surface area contributed by atoms with E-state index in [2.05, 4.69) is 14.7 Å². The van der Waals surface area contributed by atoms with Gasteiger partial charge in [0.15, 0.2) is 11.4 Å². The van der Waals surface area contributed by atoms with Crippen LogP contribution >= 0.6 is 0 Å². The van der Waals surface area contributed by atoms with E-state index in [1.165, 1.54) is 24.1 Å². The van der Waals surface area contributed by atoms with Crippen LogP contribution in [0.4, 0.5) is 15.8 Å². The highest BCUT2D eigenvalue weighted by molar-refractivity contribution is 7.92. The molecule has 0 saturated heterocycles. The highest BCUT2D eigenvalue weighted by Crippen LogP contribution is 2.42. The maximum absolute atomic E-state index is 13.3. The number of benzene rings is 2. The van der Waals surface area contributed by atoms with Crippen molar-refractivity contribution in [3.63, 3.8) is 0 Å². The minimum Gasteiger partial charge on any atom is -0.480 e. The number of aromatic nitrogens is 2. The molecule has 1 N–H and O–H groups in total. The third kappa shape index (κ3) is 4.31. The number of amides is 1. The number of likely N-dealkylation sites (N-methyl/N-ethyl adjacent to an activating group) is 1. The quantitative estimate of drug-likeness (QED) is 0.414. The zero-order valence-corrected chi connectivity index (χ0v) is 21.3. The van der Waals surface area contributed by atoms with Gasteiger partial charge in [-0.2, -0.15) is 0 Å². The molecule has 190 valence electrons. The van der Waals surface area contributed by atoms with E-state index in [1.54, 1.807) is 39.4 Å². The van der Waals surface area contributed by atoms with Crippen LogP contribution < -0.4 is 19.1 Å². The molecule has 1 aliphatic heterocycles. The summed E-state index contributed by atoms with van der Waals surface area (Å²) in [5.41, 5.74) is 1.58. The second kappa shape index (κ2) is 8.70. The van der Waals surface area contributed by atoms with Crippen LogP contribution in [-0.2, 0) is 14.8 Å². The SMILES string of the molecule is COc1ncc(-c2ccc3ncc4c(c3c2)OC(C)(C)C(=O)N4C)cc1NS(=O)(=O)c1ccc(F)cc1. The number of rotatable bonds is 5. The lowest BCUT2D eigenvalue weighted by atomic mass is 10.0. The first-order chi connectivity index (χ1) is 17.5. The van der Waals surface area contributed by atoms with Crippen molar-refractivity contribution >= 4 is 38.2 Å². The summed E-state index contributed by atoms with van der Waals surface area (Å²) in [6.45, 7) is 3.41. The smallest absolute Gasteiger partial charge is 0.270 e. The van der Waals surface area contributed by atoms with Crippen molar-refractivity contribution in [2.75, 3.05) is 23.8 Å². The van der Waals surface area contributed by atoms with Crippen LogP contribution in [0.1, 0.15) is 13.8 Å². The number of fused-ring (bicyclic) bond motifs is 3. The van der Waals surface area contributed by atoms with Gasteiger partial charge < -0.3 is 14.4 Å². The second-order valence-electron chi connectivity index (χ2n) is 9.02. The number of carbonyl (C=O) groups is 1. The molecule has 5 rings (SSSR count). The van der Waals surface area contributed by atoms with Crippen LogP contribution in [0.5, 0.6) is 11.6 Å². The number of sulfonamides is 1. The van der Waals surface area contributed by atoms with Crippen LogP contribution in [0.25, 0.3) is 22.0 Å². The Labute approximate surface area is 212 Å². The normalized spacial score (nSPS) is 14.7. The Morgan fingerprint density at radius 3 is 2.46 bits per heavy atom. The molecule has 0 unspecified atom stereocenters. The maximum atomic E-state index is 13.3. The molecule has 0 spiro atoms. The van der Waals surface area contributed by atoms with E-state index in [0.29, 0.717) is 33.5 Å². The molecule has 37 heavy (non-hydrogen) atoms. The van der Waals surface area contributed by atoms with E-state index in [4.69, 9.17) is 9.47 Å². The largest absolute Gasteiger partial charge is 0.480 e. The van der Waals surface area contributed by atoms with Gasteiger partial charge in [-0.1, -0.05) is 6.07 Å². The molecule has 1 aliphatic rings. The Morgan fingerprint density at radius 2 is 1.76 bits per heavy atom. The average Bonchev–Trinajstić information content (AvgIpc) is 2.87. The van der Waals surface area contributed by atoms with Gasteiger partial charge in [0.2, 0.25) is 5.88 Å². The summed E-state index contributed by atoms with van der Waals surface area (Å²) < 4.78 is 52.9. The van der Waals surface area contributed by atoms with Crippen molar-refractivity contribution in [3.8, 4) is 22.8 Å². The summed E-state index contributed by atoms with van der Waals surface area (Å²) in [6.07, 6.45) is 3.15. The first-order valence-electron chi connectivity index (χ1n) is 11.2. The number of anilines is 2. The van der Waals surface area contributed by atoms with Gasteiger partial charge in [-0.3, -0.25) is 14.5 Å². The fourth-order valence-corrected chi connectivity index (χ4v) is 5.21. The fourth-order valence-electron chi connectivity index (χ4n) is 4.16. The zero-order valence-electron chi connectivity index (χ0n) is 20.4. The molecular formula is C26H23FN4O5S. The monoisotopic (exact) mass is 522 g/mol. The van der Waals surface area contributed by atoms with E-state index < -0.39 is 21.4 Å². The molecule has 0 radical (unpaired) electrons. The molecule has 9 nitrogen and oxygen atoms in total. The van der Waals surface area contributed by atoms with E-state index in [-0.39, 0.29) is 22.4 Å². The summed E-state index contributed by atoms with van der Waals surface area (Å²) in [5, 5.41) is 0.687. The fraction of sp³-hybridized carbons (Fsp3) is 0.192. The molecule has 2 aromatic carbocycles. The van der Waals surface area contributed by atoms with Crippen LogP contribution in [0.15, 0.2) is 65.8 Å². The van der Waals surface area contributed by atoms with E-state index >= 15 is 0 Å². The van der Waals surface area contributed by atoms with Gasteiger partial charge in [-0.05, 0) is 61.9 Å². The summed E-state index contributed by atoms with van der Waals surface area (Å²) >= 11 is 0. The number of hydrogen-bond acceptors (Lipinski definition) is 7. The summed E-state index contributed by atoms with van der Waals surface area (Å²) in [6, 6.07) is 11.6. The molecular weight excluding hydrogens is 499 g/mol. The molecule has 1 amide bonds. The number of halogens is 1. The average molecular weight is 523 g/mol. The topological polar surface area (TPSA) is 111 Å². The predicted molar refractivity (Wildman–Crippen MR) is 137 cm³/mol. The van der Waals surface area contributed by atoms with E-state index in [9.17, 15) is 17.6 Å². The van der Waals surface area contributed by atoms with Crippen LogP contribution in [0.2, 0.25) is 0 Å². The number of nitrogens with one attached hydrogen (secondary N) is 1. The molecule has 0 bridgehead atoms. The van der Waals surface area contributed by atoms with Crippen molar-refractivity contribution in [3.05, 3.63) is 66.7 Å². The van der Waals surface area contributed by atoms with Crippen molar-refractivity contribution in [1.82, 2.24) is 9.97 Å². The molecule has 11 heteroatoms. The van der Waals surface area contributed by atoms with Gasteiger partial charge in [0.05, 0.1) is 23.7 Å². The van der Waals surface area contributed by atoms with Gasteiger partial charge in [0.1, 0.15) is 17.2 Å². The summed E-state index contributed by atoms with van der Waals surface area (Å²) in [7, 11) is -0.983. The van der Waals surface area contributed by atoms with Crippen molar-refractivity contribution in [1.29, 1.82) is 0 Å². The van der Waals surface area contributed by atoms with Crippen LogP contribution in [0, 0.1) is 5.82 Å². The Morgan fingerprint density at radius 1 is 1.03 bits per heavy atom. The zero-order chi connectivity index (χ0) is 26.5. The lowest BCUT2D eigenvalue weighted by Gasteiger charge is -2.37. The van der Waals surface area contributed by atoms with Crippen molar-refractivity contribution in [2.24, 2.45) is 0 Å². The van der Waals surface area contributed by atoms with E-state index in [1.807, 2.05) is 18.2 Å². The minimum absolute atomic E-state index is 0.0690. The first kappa shape index (κ1) is 24.4. The van der Waals surface area contributed by atoms with Gasteiger partial charge in [-0.25, -0.2) is 17.8 Å². The van der Waals surface area contributed by atoms with Crippen LogP contribution in [0.3, 0.4) is 0 Å². The number of methoxy groups -OCH3 is 1. The summed E-state index contributed by atoms with van der Waals surface area (Å²) in [4.78, 5) is 22.8. The van der Waals surface area contributed by atoms with Crippen LogP contribution in [-0.4, -0.2) is 44.1 Å². The molecule has 0 atom stereocenters. The van der Waals surface area contributed by atoms with Gasteiger partial charge in [-0.15, -0.1) is 0 Å². The van der Waals surface area contributed by atoms with Gasteiger partial charge in [0, 0.05) is 24.2 Å². The number of pyridine rings is 2. The minimum atomic E-state index is -4.04. The Balaban J connectivity index is 1.58. The molecule has 2 aromatic heterocycles. The Kier molecular flexibility index (Phi) is 5.75. The van der Waals surface area contributed by atoms with Gasteiger partial charge in [0.25, 0.3) is 15.9 Å². The lowest BCUT2D eigenvalue weighted by Crippen LogP contribution is -2.51.